The molecule has 400 valence electrons. The van der Waals surface area contributed by atoms with Crippen LogP contribution in [0.1, 0.15) is 276 Å². The van der Waals surface area contributed by atoms with Gasteiger partial charge in [-0.1, -0.05) is 245 Å². The number of unbranched alkanes of at least 4 members (excludes halogenated alkanes) is 35. The predicted molar refractivity (Wildman–Crippen MR) is 306 cm³/mol. The van der Waals surface area contributed by atoms with Gasteiger partial charge in [0.25, 0.3) is 0 Å². The summed E-state index contributed by atoms with van der Waals surface area (Å²) < 4.78 is 18.2. The molecule has 3 rings (SSSR count). The lowest BCUT2D eigenvalue weighted by molar-refractivity contribution is 0.302. The van der Waals surface area contributed by atoms with Crippen LogP contribution < -0.4 is 14.2 Å². The van der Waals surface area contributed by atoms with Crippen molar-refractivity contribution in [1.82, 2.24) is 0 Å². The van der Waals surface area contributed by atoms with E-state index in [-0.39, 0.29) is 11.5 Å². The van der Waals surface area contributed by atoms with Crippen molar-refractivity contribution in [3.8, 4) is 28.7 Å². The van der Waals surface area contributed by atoms with Gasteiger partial charge in [0.1, 0.15) is 28.7 Å². The number of nitrogens with zero attached hydrogens (tertiary/aromatic N) is 2. The van der Waals surface area contributed by atoms with E-state index in [1.165, 1.54) is 218 Å². The highest BCUT2D eigenvalue weighted by Crippen LogP contribution is 2.34. The first-order valence-electron chi connectivity index (χ1n) is 29.8. The first kappa shape index (κ1) is 61.3. The number of hydrogen-bond acceptors (Lipinski definition) is 7. The number of rotatable bonds is 48. The van der Waals surface area contributed by atoms with Gasteiger partial charge in [-0.2, -0.15) is 0 Å². The second-order valence-electron chi connectivity index (χ2n) is 20.5. The minimum atomic E-state index is 0.113. The van der Waals surface area contributed by atoms with Gasteiger partial charge in [0.05, 0.1) is 31.2 Å². The molecule has 0 saturated heterocycles. The van der Waals surface area contributed by atoms with E-state index >= 15 is 0 Å². The van der Waals surface area contributed by atoms with Crippen LogP contribution in [0.5, 0.6) is 28.7 Å². The number of aliphatic imine (C=N–C) groups is 2. The van der Waals surface area contributed by atoms with E-state index in [0.29, 0.717) is 53.8 Å². The molecule has 0 fully saturated rings. The van der Waals surface area contributed by atoms with Crippen molar-refractivity contribution < 1.29 is 24.4 Å². The van der Waals surface area contributed by atoms with Crippen LogP contribution in [0.15, 0.2) is 64.6 Å². The van der Waals surface area contributed by atoms with Crippen LogP contribution in [0.4, 0.5) is 11.4 Å². The molecule has 0 spiro atoms. The van der Waals surface area contributed by atoms with Gasteiger partial charge < -0.3 is 24.4 Å². The van der Waals surface area contributed by atoms with Crippen LogP contribution in [0.25, 0.3) is 0 Å². The molecule has 0 aliphatic carbocycles. The molecule has 3 aromatic rings. The molecule has 7 nitrogen and oxygen atoms in total. The summed E-state index contributed by atoms with van der Waals surface area (Å²) >= 11 is 0. The van der Waals surface area contributed by atoms with E-state index in [4.69, 9.17) is 24.2 Å². The third kappa shape index (κ3) is 31.9. The summed E-state index contributed by atoms with van der Waals surface area (Å²) in [6.07, 6.45) is 53.2. The maximum absolute atomic E-state index is 11.0. The molecule has 0 saturated carbocycles. The van der Waals surface area contributed by atoms with Crippen molar-refractivity contribution in [3.05, 3.63) is 65.7 Å². The average molecular weight is 982 g/mol. The van der Waals surface area contributed by atoms with Gasteiger partial charge in [-0.05, 0) is 55.7 Å². The topological polar surface area (TPSA) is 92.9 Å². The Kier molecular flexibility index (Phi) is 37.6. The lowest BCUT2D eigenvalue weighted by Gasteiger charge is -2.10. The van der Waals surface area contributed by atoms with Crippen LogP contribution in [0.3, 0.4) is 0 Å². The Morgan fingerprint density at radius 3 is 0.859 bits per heavy atom. The molecule has 0 heterocycles. The minimum absolute atomic E-state index is 0.113. The van der Waals surface area contributed by atoms with Gasteiger partial charge in [-0.25, -0.2) is 0 Å². The average Bonchev–Trinajstić information content (AvgIpc) is 3.37. The van der Waals surface area contributed by atoms with Gasteiger partial charge in [-0.15, -0.1) is 0 Å². The molecule has 0 unspecified atom stereocenters. The Labute approximate surface area is 435 Å². The minimum Gasteiger partial charge on any atom is -0.507 e. The number of benzene rings is 3. The Hall–Kier alpha value is -4.00. The van der Waals surface area contributed by atoms with Gasteiger partial charge in [0.15, 0.2) is 0 Å². The second kappa shape index (κ2) is 43.6. The van der Waals surface area contributed by atoms with E-state index < -0.39 is 0 Å². The summed E-state index contributed by atoms with van der Waals surface area (Å²) in [5, 5.41) is 21.9. The van der Waals surface area contributed by atoms with Gasteiger partial charge >= 0.3 is 0 Å². The number of phenolic OH excluding ortho intramolecular Hbond substituents is 2. The van der Waals surface area contributed by atoms with E-state index in [1.54, 1.807) is 24.6 Å². The first-order chi connectivity index (χ1) is 35.0. The Balaban J connectivity index is 1.47. The zero-order valence-corrected chi connectivity index (χ0v) is 45.9. The monoisotopic (exact) mass is 981 g/mol. The Morgan fingerprint density at radius 2 is 0.563 bits per heavy atom. The van der Waals surface area contributed by atoms with Crippen LogP contribution in [-0.4, -0.2) is 42.5 Å². The number of ether oxygens (including phenoxy) is 3. The number of phenols is 2. The largest absolute Gasteiger partial charge is 0.507 e. The van der Waals surface area contributed by atoms with E-state index in [1.807, 2.05) is 42.5 Å². The second-order valence-corrected chi connectivity index (χ2v) is 20.5. The lowest BCUT2D eigenvalue weighted by atomic mass is 10.0. The Bertz CT molecular complexity index is 1770. The molecule has 0 amide bonds. The van der Waals surface area contributed by atoms with Crippen molar-refractivity contribution >= 4 is 23.8 Å². The highest BCUT2D eigenvalue weighted by molar-refractivity contribution is 5.90. The van der Waals surface area contributed by atoms with Crippen LogP contribution in [0, 0.1) is 0 Å². The molecule has 0 aliphatic rings. The molecule has 0 aliphatic heterocycles. The summed E-state index contributed by atoms with van der Waals surface area (Å²) in [6, 6.07) is 16.5. The van der Waals surface area contributed by atoms with Crippen molar-refractivity contribution in [2.75, 3.05) is 19.8 Å². The molecule has 0 bridgehead atoms. The molecule has 0 aromatic heterocycles. The van der Waals surface area contributed by atoms with Crippen molar-refractivity contribution in [3.63, 3.8) is 0 Å². The van der Waals surface area contributed by atoms with E-state index in [0.717, 1.165) is 31.4 Å². The smallest absolute Gasteiger partial charge is 0.128 e. The summed E-state index contributed by atoms with van der Waals surface area (Å²) in [6.45, 7) is 8.76. The normalized spacial score (nSPS) is 11.6. The van der Waals surface area contributed by atoms with E-state index in [9.17, 15) is 10.2 Å². The maximum Gasteiger partial charge on any atom is 0.128 e. The molecule has 3 aromatic carbocycles. The zero-order valence-electron chi connectivity index (χ0n) is 45.9. The number of hydrogen-bond donors (Lipinski definition) is 2. The van der Waals surface area contributed by atoms with Gasteiger partial charge in [0.2, 0.25) is 0 Å². The summed E-state index contributed by atoms with van der Waals surface area (Å²) in [5.74, 6) is 2.28. The molecule has 7 heteroatoms. The van der Waals surface area contributed by atoms with Crippen molar-refractivity contribution in [2.24, 2.45) is 9.98 Å². The summed E-state index contributed by atoms with van der Waals surface area (Å²) in [7, 11) is 0. The highest BCUT2D eigenvalue weighted by atomic mass is 16.5. The lowest BCUT2D eigenvalue weighted by Crippen LogP contribution is -1.98. The summed E-state index contributed by atoms with van der Waals surface area (Å²) in [5.41, 5.74) is 2.40. The summed E-state index contributed by atoms with van der Waals surface area (Å²) in [4.78, 5) is 9.59. The molecule has 0 radical (unpaired) electrons. The quantitative estimate of drug-likeness (QED) is 0.0434. The van der Waals surface area contributed by atoms with Crippen LogP contribution in [-0.2, 0) is 0 Å². The van der Waals surface area contributed by atoms with Crippen molar-refractivity contribution in [1.29, 1.82) is 0 Å². The maximum atomic E-state index is 11.0. The van der Waals surface area contributed by atoms with E-state index in [2.05, 4.69) is 20.8 Å². The number of aromatic hydroxyl groups is 2. The fourth-order valence-electron chi connectivity index (χ4n) is 9.28. The fourth-order valence-corrected chi connectivity index (χ4v) is 9.28. The third-order valence-corrected chi connectivity index (χ3v) is 13.9. The SMILES string of the molecule is CCCCCCCCCCCCCCCCOc1ccc(C=Nc2ccc(OCCCCCCCCCCCC)cc2N=Cc2ccc(OCCCCCCCCCCCCCCCC)cc2O)c(O)c1. The van der Waals surface area contributed by atoms with Crippen molar-refractivity contribution in [2.45, 2.75) is 265 Å². The standard InChI is InChI=1S/C64H104N2O5/c1-4-7-10-13-16-19-22-24-26-28-31-34-37-40-49-70-59-44-42-56(63(67)52-59)54-65-61-47-46-58(69-48-39-36-33-30-21-18-15-12-9-6-3)51-62(61)66-55-57-43-45-60(53-64(57)68)71-50-41-38-35-32-29-27-25-23-20-17-14-11-8-5-2/h42-47,51-55,67-68H,4-41,48-50H2,1-3H3. The highest BCUT2D eigenvalue weighted by Gasteiger charge is 2.08. The third-order valence-electron chi connectivity index (χ3n) is 13.9. The van der Waals surface area contributed by atoms with Crippen LogP contribution in [0.2, 0.25) is 0 Å². The van der Waals surface area contributed by atoms with Gasteiger partial charge in [-0.3, -0.25) is 9.98 Å². The molecular formula is C64H104N2O5. The predicted octanol–water partition coefficient (Wildman–Crippen LogP) is 20.6. The molecule has 71 heavy (non-hydrogen) atoms. The zero-order chi connectivity index (χ0) is 50.5. The fraction of sp³-hybridized carbons (Fsp3) is 0.688. The molecular weight excluding hydrogens is 877 g/mol. The Morgan fingerprint density at radius 1 is 0.310 bits per heavy atom. The first-order valence-corrected chi connectivity index (χ1v) is 29.8. The van der Waals surface area contributed by atoms with Crippen LogP contribution >= 0.6 is 0 Å². The molecule has 2 N–H and O–H groups in total. The molecule has 0 atom stereocenters. The van der Waals surface area contributed by atoms with Gasteiger partial charge in [0, 0.05) is 41.8 Å².